The molecule has 0 aliphatic carbocycles. The fourth-order valence-electron chi connectivity index (χ4n) is 1.07. The molecule has 0 atom stereocenters. The van der Waals surface area contributed by atoms with E-state index in [2.05, 4.69) is 30.5 Å². The lowest BCUT2D eigenvalue weighted by molar-refractivity contribution is 0.318. The van der Waals surface area contributed by atoms with E-state index in [0.717, 1.165) is 0 Å². The summed E-state index contributed by atoms with van der Waals surface area (Å²) in [7, 11) is -2.40. The number of hydrogen-bond donors (Lipinski definition) is 4. The lowest BCUT2D eigenvalue weighted by Crippen LogP contribution is -2.28. The second-order valence-corrected chi connectivity index (χ2v) is 5.52. The molecule has 7 nitrogen and oxygen atoms in total. The van der Waals surface area contributed by atoms with Gasteiger partial charge in [0.15, 0.2) is 5.84 Å². The van der Waals surface area contributed by atoms with E-state index in [1.165, 1.54) is 19.2 Å². The highest BCUT2D eigenvalue weighted by Crippen LogP contribution is 2.22. The lowest BCUT2D eigenvalue weighted by Gasteiger charge is -2.11. The molecule has 17 heavy (non-hydrogen) atoms. The monoisotopic (exact) mass is 322 g/mol. The summed E-state index contributed by atoms with van der Waals surface area (Å²) in [5.74, 6) is -0.189. The molecule has 0 radical (unpaired) electrons. The first kappa shape index (κ1) is 13.7. The molecular weight excluding hydrogens is 312 g/mol. The van der Waals surface area contributed by atoms with E-state index < -0.39 is 10.2 Å². The Kier molecular flexibility index (Phi) is 4.32. The first-order valence-corrected chi connectivity index (χ1v) is 6.66. The molecule has 0 spiro atoms. The fraction of sp³-hybridized carbons (Fsp3) is 0.125. The van der Waals surface area contributed by atoms with Crippen LogP contribution in [0.5, 0.6) is 0 Å². The topological polar surface area (TPSA) is 117 Å². The third-order valence-electron chi connectivity index (χ3n) is 1.88. The van der Waals surface area contributed by atoms with Crippen molar-refractivity contribution < 1.29 is 13.6 Å². The van der Waals surface area contributed by atoms with E-state index in [4.69, 9.17) is 10.9 Å². The maximum absolute atomic E-state index is 11.4. The number of rotatable bonds is 4. The van der Waals surface area contributed by atoms with Gasteiger partial charge in [0.2, 0.25) is 0 Å². The van der Waals surface area contributed by atoms with Crippen molar-refractivity contribution in [2.75, 3.05) is 11.8 Å². The molecular formula is C8H11BrN4O3S. The van der Waals surface area contributed by atoms with E-state index in [0.29, 0.717) is 4.47 Å². The number of halogens is 1. The predicted molar refractivity (Wildman–Crippen MR) is 68.3 cm³/mol. The molecule has 0 aliphatic heterocycles. The number of nitrogens with zero attached hydrogens (tertiary/aromatic N) is 1. The van der Waals surface area contributed by atoms with Gasteiger partial charge in [0.05, 0.1) is 5.69 Å². The molecule has 1 aromatic carbocycles. The molecule has 1 rings (SSSR count). The maximum atomic E-state index is 11.4. The number of nitrogens with two attached hydrogens (primary N) is 1. The van der Waals surface area contributed by atoms with Crippen LogP contribution in [-0.2, 0) is 10.2 Å². The van der Waals surface area contributed by atoms with Crippen LogP contribution in [0, 0.1) is 0 Å². The Hall–Kier alpha value is -1.32. The summed E-state index contributed by atoms with van der Waals surface area (Å²) in [6.45, 7) is 0. The van der Waals surface area contributed by atoms with Crippen LogP contribution < -0.4 is 15.2 Å². The number of nitrogens with one attached hydrogen (secondary N) is 2. The first-order chi connectivity index (χ1) is 7.89. The van der Waals surface area contributed by atoms with E-state index in [-0.39, 0.29) is 17.1 Å². The van der Waals surface area contributed by atoms with Gasteiger partial charge in [-0.15, -0.1) is 0 Å². The lowest BCUT2D eigenvalue weighted by atomic mass is 10.2. The Balaban J connectivity index is 3.26. The summed E-state index contributed by atoms with van der Waals surface area (Å²) < 4.78 is 27.7. The quantitative estimate of drug-likeness (QED) is 0.278. The second-order valence-electron chi connectivity index (χ2n) is 2.98. The second kappa shape index (κ2) is 5.34. The summed E-state index contributed by atoms with van der Waals surface area (Å²) in [5, 5.41) is 11.4. The van der Waals surface area contributed by atoms with Gasteiger partial charge < -0.3 is 10.9 Å². The highest BCUT2D eigenvalue weighted by molar-refractivity contribution is 9.10. The standard InChI is InChI=1S/C8H11BrN4O3S/c1-11-17(15,16)13-7-4-5(9)2-3-6(7)8(10)12-14/h2-4,11,13-14H,1H3,(H2,10,12). The maximum Gasteiger partial charge on any atom is 0.298 e. The zero-order chi connectivity index (χ0) is 13.1. The summed E-state index contributed by atoms with van der Waals surface area (Å²) >= 11 is 3.20. The molecule has 0 saturated carbocycles. The van der Waals surface area contributed by atoms with E-state index in [9.17, 15) is 8.42 Å². The normalized spacial score (nSPS) is 12.5. The van der Waals surface area contributed by atoms with Gasteiger partial charge in [0.1, 0.15) is 0 Å². The number of hydrogen-bond acceptors (Lipinski definition) is 4. The van der Waals surface area contributed by atoms with Gasteiger partial charge in [0, 0.05) is 17.1 Å². The van der Waals surface area contributed by atoms with Crippen LogP contribution in [0.15, 0.2) is 27.8 Å². The highest BCUT2D eigenvalue weighted by atomic mass is 79.9. The van der Waals surface area contributed by atoms with Crippen LogP contribution in [0.4, 0.5) is 5.69 Å². The molecule has 0 bridgehead atoms. The molecule has 0 fully saturated rings. The van der Waals surface area contributed by atoms with Gasteiger partial charge in [-0.25, -0.2) is 4.72 Å². The van der Waals surface area contributed by atoms with Gasteiger partial charge >= 0.3 is 0 Å². The minimum absolute atomic E-state index is 0.189. The van der Waals surface area contributed by atoms with Crippen LogP contribution in [-0.4, -0.2) is 26.5 Å². The SMILES string of the molecule is CNS(=O)(=O)Nc1cc(Br)ccc1/C(N)=N/O. The number of anilines is 1. The predicted octanol–water partition coefficient (Wildman–Crippen LogP) is 0.420. The molecule has 94 valence electrons. The van der Waals surface area contributed by atoms with Crippen molar-refractivity contribution in [1.82, 2.24) is 4.72 Å². The van der Waals surface area contributed by atoms with Gasteiger partial charge in [0.25, 0.3) is 10.2 Å². The molecule has 0 saturated heterocycles. The number of oxime groups is 1. The van der Waals surface area contributed by atoms with Crippen LogP contribution in [0.3, 0.4) is 0 Å². The molecule has 0 heterocycles. The van der Waals surface area contributed by atoms with E-state index >= 15 is 0 Å². The van der Waals surface area contributed by atoms with Gasteiger partial charge in [-0.1, -0.05) is 21.1 Å². The fourth-order valence-corrected chi connectivity index (χ4v) is 2.00. The molecule has 0 aliphatic rings. The van der Waals surface area contributed by atoms with Crippen LogP contribution in [0.1, 0.15) is 5.56 Å². The number of benzene rings is 1. The van der Waals surface area contributed by atoms with Crippen molar-refractivity contribution in [2.45, 2.75) is 0 Å². The molecule has 0 amide bonds. The Morgan fingerprint density at radius 3 is 2.71 bits per heavy atom. The van der Waals surface area contributed by atoms with Crippen LogP contribution in [0.25, 0.3) is 0 Å². The Labute approximate surface area is 107 Å². The van der Waals surface area contributed by atoms with Crippen LogP contribution >= 0.6 is 15.9 Å². The van der Waals surface area contributed by atoms with Crippen molar-refractivity contribution in [3.05, 3.63) is 28.2 Å². The summed E-state index contributed by atoms with van der Waals surface area (Å²) in [6, 6.07) is 4.67. The average molecular weight is 323 g/mol. The summed E-state index contributed by atoms with van der Waals surface area (Å²) in [4.78, 5) is 0. The smallest absolute Gasteiger partial charge is 0.298 e. The third-order valence-corrected chi connectivity index (χ3v) is 3.40. The zero-order valence-corrected chi connectivity index (χ0v) is 11.2. The minimum atomic E-state index is -3.67. The van der Waals surface area contributed by atoms with E-state index in [1.54, 1.807) is 6.07 Å². The first-order valence-electron chi connectivity index (χ1n) is 4.38. The van der Waals surface area contributed by atoms with Crippen molar-refractivity contribution in [2.24, 2.45) is 10.9 Å². The molecule has 1 aromatic rings. The number of amidine groups is 1. The third kappa shape index (κ3) is 3.58. The Morgan fingerprint density at radius 1 is 1.53 bits per heavy atom. The van der Waals surface area contributed by atoms with Crippen molar-refractivity contribution in [3.63, 3.8) is 0 Å². The Morgan fingerprint density at radius 2 is 2.18 bits per heavy atom. The highest BCUT2D eigenvalue weighted by Gasteiger charge is 2.13. The largest absolute Gasteiger partial charge is 0.409 e. The van der Waals surface area contributed by atoms with Crippen molar-refractivity contribution >= 4 is 37.7 Å². The molecule has 0 aromatic heterocycles. The average Bonchev–Trinajstić information content (AvgIpc) is 2.28. The molecule has 5 N–H and O–H groups in total. The zero-order valence-electron chi connectivity index (χ0n) is 8.81. The van der Waals surface area contributed by atoms with Gasteiger partial charge in [-0.2, -0.15) is 8.42 Å². The summed E-state index contributed by atoms with van der Waals surface area (Å²) in [5.41, 5.74) is 5.91. The Bertz CT molecular complexity index is 544. The van der Waals surface area contributed by atoms with Crippen molar-refractivity contribution in [3.8, 4) is 0 Å². The minimum Gasteiger partial charge on any atom is -0.409 e. The summed E-state index contributed by atoms with van der Waals surface area (Å²) in [6.07, 6.45) is 0. The van der Waals surface area contributed by atoms with E-state index in [1.807, 2.05) is 0 Å². The van der Waals surface area contributed by atoms with Gasteiger partial charge in [-0.3, -0.25) is 4.72 Å². The molecule has 0 unspecified atom stereocenters. The van der Waals surface area contributed by atoms with Crippen molar-refractivity contribution in [1.29, 1.82) is 0 Å². The van der Waals surface area contributed by atoms with Crippen LogP contribution in [0.2, 0.25) is 0 Å². The molecule has 9 heteroatoms. The van der Waals surface area contributed by atoms with Gasteiger partial charge in [-0.05, 0) is 18.2 Å².